The number of rotatable bonds is 1. The lowest BCUT2D eigenvalue weighted by atomic mass is 10.2. The molecule has 0 atom stereocenters. The van der Waals surface area contributed by atoms with Crippen LogP contribution in [0, 0.1) is 0 Å². The van der Waals surface area contributed by atoms with Gasteiger partial charge in [0, 0.05) is 18.2 Å². The number of nitrogens with zero attached hydrogens (tertiary/aromatic N) is 2. The van der Waals surface area contributed by atoms with Crippen molar-refractivity contribution >= 4 is 22.4 Å². The van der Waals surface area contributed by atoms with E-state index in [1.165, 1.54) is 17.1 Å². The highest BCUT2D eigenvalue weighted by atomic mass is 32.1. The zero-order valence-corrected chi connectivity index (χ0v) is 10.1. The maximum atomic E-state index is 5.72. The lowest BCUT2D eigenvalue weighted by Crippen LogP contribution is -2.24. The third-order valence-electron chi connectivity index (χ3n) is 2.78. The van der Waals surface area contributed by atoms with Crippen LogP contribution in [0.25, 0.3) is 0 Å². The van der Waals surface area contributed by atoms with Crippen molar-refractivity contribution in [1.29, 1.82) is 0 Å². The first-order chi connectivity index (χ1) is 8.33. The molecule has 3 rings (SSSR count). The number of fused-ring (bicyclic) bond motifs is 1. The van der Waals surface area contributed by atoms with Gasteiger partial charge in [0.1, 0.15) is 23.2 Å². The molecular weight excluding hydrogens is 234 g/mol. The maximum Gasteiger partial charge on any atom is 0.139 e. The second kappa shape index (κ2) is 4.25. The van der Waals surface area contributed by atoms with Crippen molar-refractivity contribution in [2.24, 2.45) is 0 Å². The molecule has 0 bridgehead atoms. The van der Waals surface area contributed by atoms with Gasteiger partial charge in [-0.3, -0.25) is 0 Å². The Labute approximate surface area is 104 Å². The van der Waals surface area contributed by atoms with Crippen LogP contribution < -0.4 is 15.4 Å². The molecule has 1 aliphatic heterocycles. The van der Waals surface area contributed by atoms with Crippen LogP contribution in [0.15, 0.2) is 30.3 Å². The summed E-state index contributed by atoms with van der Waals surface area (Å²) in [6.45, 7) is 2.39. The van der Waals surface area contributed by atoms with Crippen LogP contribution in [-0.2, 0) is 6.54 Å². The Kier molecular flexibility index (Phi) is 2.60. The van der Waals surface area contributed by atoms with E-state index < -0.39 is 0 Å². The first-order valence-corrected chi connectivity index (χ1v) is 6.28. The predicted molar refractivity (Wildman–Crippen MR) is 69.5 cm³/mol. The molecule has 0 spiro atoms. The van der Waals surface area contributed by atoms with Crippen LogP contribution >= 0.6 is 11.5 Å². The summed E-state index contributed by atoms with van der Waals surface area (Å²) >= 11 is 1.44. The molecule has 2 aromatic rings. The molecule has 2 heterocycles. The van der Waals surface area contributed by atoms with Crippen molar-refractivity contribution in [3.05, 3.63) is 35.9 Å². The molecule has 0 amide bonds. The Balaban J connectivity index is 1.90. The normalized spacial score (nSPS) is 14.9. The van der Waals surface area contributed by atoms with Gasteiger partial charge < -0.3 is 15.4 Å². The smallest absolute Gasteiger partial charge is 0.139 e. The van der Waals surface area contributed by atoms with E-state index in [-0.39, 0.29) is 0 Å². The largest absolute Gasteiger partial charge is 0.491 e. The van der Waals surface area contributed by atoms with Crippen molar-refractivity contribution in [3.63, 3.8) is 0 Å². The number of hydrogen-bond donors (Lipinski definition) is 1. The molecule has 17 heavy (non-hydrogen) atoms. The third kappa shape index (κ3) is 2.06. The average Bonchev–Trinajstić information content (AvgIpc) is 2.65. The molecule has 4 nitrogen and oxygen atoms in total. The Morgan fingerprint density at radius 1 is 1.35 bits per heavy atom. The molecule has 0 aliphatic carbocycles. The number of anilines is 2. The SMILES string of the molecule is Nc1cc(N2CCOc3ccccc3C2)sn1. The summed E-state index contributed by atoms with van der Waals surface area (Å²) in [6, 6.07) is 10.1. The summed E-state index contributed by atoms with van der Waals surface area (Å²) < 4.78 is 9.83. The molecular formula is C12H13N3OS. The van der Waals surface area contributed by atoms with Crippen LogP contribution in [-0.4, -0.2) is 17.5 Å². The van der Waals surface area contributed by atoms with Crippen LogP contribution in [0.3, 0.4) is 0 Å². The Hall–Kier alpha value is -1.75. The monoisotopic (exact) mass is 247 g/mol. The van der Waals surface area contributed by atoms with Crippen LogP contribution in [0.5, 0.6) is 5.75 Å². The highest BCUT2D eigenvalue weighted by Gasteiger charge is 2.16. The fourth-order valence-electron chi connectivity index (χ4n) is 1.94. The molecule has 1 aromatic carbocycles. The third-order valence-corrected chi connectivity index (χ3v) is 3.65. The summed E-state index contributed by atoms with van der Waals surface area (Å²) in [5, 5.41) is 1.10. The van der Waals surface area contributed by atoms with Crippen molar-refractivity contribution in [1.82, 2.24) is 4.37 Å². The number of ether oxygens (including phenoxy) is 1. The van der Waals surface area contributed by atoms with Crippen molar-refractivity contribution in [2.75, 3.05) is 23.8 Å². The molecule has 1 aliphatic rings. The second-order valence-corrected chi connectivity index (χ2v) is 4.75. The minimum absolute atomic E-state index is 0.587. The van der Waals surface area contributed by atoms with E-state index in [9.17, 15) is 0 Å². The lowest BCUT2D eigenvalue weighted by molar-refractivity contribution is 0.332. The van der Waals surface area contributed by atoms with Gasteiger partial charge in [-0.1, -0.05) is 18.2 Å². The molecule has 1 aromatic heterocycles. The number of nitrogens with two attached hydrogens (primary N) is 1. The van der Waals surface area contributed by atoms with E-state index in [2.05, 4.69) is 15.3 Å². The quantitative estimate of drug-likeness (QED) is 0.838. The molecule has 88 valence electrons. The summed E-state index contributed by atoms with van der Waals surface area (Å²) in [4.78, 5) is 2.25. The van der Waals surface area contributed by atoms with Gasteiger partial charge >= 0.3 is 0 Å². The summed E-state index contributed by atoms with van der Waals surface area (Å²) in [5.74, 6) is 1.57. The summed E-state index contributed by atoms with van der Waals surface area (Å²) in [6.07, 6.45) is 0. The van der Waals surface area contributed by atoms with Gasteiger partial charge in [0.05, 0.1) is 6.54 Å². The van der Waals surface area contributed by atoms with Gasteiger partial charge in [-0.05, 0) is 17.6 Å². The summed E-state index contributed by atoms with van der Waals surface area (Å²) in [5.41, 5.74) is 6.87. The highest BCUT2D eigenvalue weighted by molar-refractivity contribution is 7.10. The molecule has 0 unspecified atom stereocenters. The minimum atomic E-state index is 0.587. The number of para-hydroxylation sites is 1. The number of nitrogen functional groups attached to an aromatic ring is 1. The van der Waals surface area contributed by atoms with Crippen LogP contribution in [0.1, 0.15) is 5.56 Å². The maximum absolute atomic E-state index is 5.72. The van der Waals surface area contributed by atoms with E-state index >= 15 is 0 Å². The van der Waals surface area contributed by atoms with Crippen LogP contribution in [0.2, 0.25) is 0 Å². The molecule has 2 N–H and O–H groups in total. The Morgan fingerprint density at radius 2 is 2.24 bits per heavy atom. The predicted octanol–water partition coefficient (Wildman–Crippen LogP) is 2.12. The number of aromatic nitrogens is 1. The zero-order valence-electron chi connectivity index (χ0n) is 9.30. The first-order valence-electron chi connectivity index (χ1n) is 5.51. The van der Waals surface area contributed by atoms with Gasteiger partial charge in [-0.2, -0.15) is 4.37 Å². The molecule has 0 fully saturated rings. The van der Waals surface area contributed by atoms with Gasteiger partial charge in [-0.25, -0.2) is 0 Å². The van der Waals surface area contributed by atoms with Gasteiger partial charge in [0.15, 0.2) is 0 Å². The van der Waals surface area contributed by atoms with Crippen molar-refractivity contribution in [3.8, 4) is 5.75 Å². The Morgan fingerprint density at radius 3 is 3.06 bits per heavy atom. The van der Waals surface area contributed by atoms with Crippen molar-refractivity contribution < 1.29 is 4.74 Å². The zero-order chi connectivity index (χ0) is 11.7. The number of benzene rings is 1. The second-order valence-electron chi connectivity index (χ2n) is 3.97. The molecule has 0 saturated carbocycles. The van der Waals surface area contributed by atoms with Crippen molar-refractivity contribution in [2.45, 2.75) is 6.54 Å². The molecule has 0 radical (unpaired) electrons. The van der Waals surface area contributed by atoms with E-state index in [4.69, 9.17) is 10.5 Å². The lowest BCUT2D eigenvalue weighted by Gasteiger charge is -2.18. The van der Waals surface area contributed by atoms with E-state index in [1.807, 2.05) is 24.3 Å². The standard InChI is InChI=1S/C12H13N3OS/c13-11-7-12(17-14-11)15-5-6-16-10-4-2-1-3-9(10)8-15/h1-4,7H,5-6,8H2,(H2,13,14). The van der Waals surface area contributed by atoms with E-state index in [1.54, 1.807) is 0 Å². The number of hydrogen-bond acceptors (Lipinski definition) is 5. The van der Waals surface area contributed by atoms with E-state index in [0.29, 0.717) is 12.4 Å². The van der Waals surface area contributed by atoms with Gasteiger partial charge in [0.2, 0.25) is 0 Å². The van der Waals surface area contributed by atoms with E-state index in [0.717, 1.165) is 23.8 Å². The topological polar surface area (TPSA) is 51.4 Å². The highest BCUT2D eigenvalue weighted by Crippen LogP contribution is 2.29. The average molecular weight is 247 g/mol. The van der Waals surface area contributed by atoms with Gasteiger partial charge in [-0.15, -0.1) is 0 Å². The fourth-order valence-corrected chi connectivity index (χ4v) is 2.64. The summed E-state index contributed by atoms with van der Waals surface area (Å²) in [7, 11) is 0. The molecule has 0 saturated heterocycles. The van der Waals surface area contributed by atoms with Crippen LogP contribution in [0.4, 0.5) is 10.8 Å². The Bertz CT molecular complexity index is 526. The first kappa shape index (κ1) is 10.4. The molecule has 5 heteroatoms. The fraction of sp³-hybridized carbons (Fsp3) is 0.250. The van der Waals surface area contributed by atoms with Gasteiger partial charge in [0.25, 0.3) is 0 Å². The minimum Gasteiger partial charge on any atom is -0.491 e.